The number of anilines is 1. The molecule has 3 N–H and O–H groups in total. The fourth-order valence-corrected chi connectivity index (χ4v) is 3.98. The predicted molar refractivity (Wildman–Crippen MR) is 103 cm³/mol. The van der Waals surface area contributed by atoms with Crippen molar-refractivity contribution < 1.29 is 28.6 Å². The third-order valence-electron chi connectivity index (χ3n) is 5.64. The number of esters is 1. The van der Waals surface area contributed by atoms with Crippen molar-refractivity contribution in [2.75, 3.05) is 32.1 Å². The number of carbonyl (C=O) groups is 3. The molecule has 2 amide bonds. The van der Waals surface area contributed by atoms with Gasteiger partial charge >= 0.3 is 5.97 Å². The lowest BCUT2D eigenvalue weighted by molar-refractivity contribution is -0.149. The van der Waals surface area contributed by atoms with Crippen LogP contribution in [0.2, 0.25) is 0 Å². The van der Waals surface area contributed by atoms with Gasteiger partial charge in [0, 0.05) is 12.1 Å². The number of imide groups is 1. The molecule has 0 saturated carbocycles. The number of ether oxygens (including phenoxy) is 1. The molecule has 2 unspecified atom stereocenters. The Hall–Kier alpha value is -2.52. The number of amides is 2. The molecule has 0 spiro atoms. The van der Waals surface area contributed by atoms with Gasteiger partial charge in [-0.3, -0.25) is 24.6 Å². The minimum Gasteiger partial charge on any atom is -0.468 e. The van der Waals surface area contributed by atoms with Gasteiger partial charge in [0.05, 0.1) is 13.7 Å². The standard InChI is InChI=1S/C20H26FN3O5/c1-29-20(28)17(11-25)24-8-6-12(7-9-24)14-3-2-13(10-15(14)21)22-16-4-5-18(26)23-19(16)27/h2-3,10,12,16-17,22,25H,4-9,11H2,1H3,(H,23,26,27). The second kappa shape index (κ2) is 9.32. The molecule has 0 bridgehead atoms. The van der Waals surface area contributed by atoms with Crippen LogP contribution in [0.25, 0.3) is 0 Å². The van der Waals surface area contributed by atoms with Gasteiger partial charge in [-0.1, -0.05) is 6.07 Å². The predicted octanol–water partition coefficient (Wildman–Crippen LogP) is 0.756. The lowest BCUT2D eigenvalue weighted by Gasteiger charge is -2.35. The fraction of sp³-hybridized carbons (Fsp3) is 0.550. The first-order valence-corrected chi connectivity index (χ1v) is 9.75. The van der Waals surface area contributed by atoms with Crippen LogP contribution in [0.3, 0.4) is 0 Å². The molecule has 158 valence electrons. The van der Waals surface area contributed by atoms with Crippen molar-refractivity contribution in [1.29, 1.82) is 0 Å². The summed E-state index contributed by atoms with van der Waals surface area (Å²) >= 11 is 0. The van der Waals surface area contributed by atoms with Gasteiger partial charge in [-0.05, 0) is 56.0 Å². The quantitative estimate of drug-likeness (QED) is 0.472. The second-order valence-electron chi connectivity index (χ2n) is 7.42. The highest BCUT2D eigenvalue weighted by atomic mass is 19.1. The van der Waals surface area contributed by atoms with E-state index in [4.69, 9.17) is 4.74 Å². The smallest absolute Gasteiger partial charge is 0.325 e. The van der Waals surface area contributed by atoms with Crippen LogP contribution in [-0.4, -0.2) is 66.7 Å². The number of aliphatic hydroxyl groups excluding tert-OH is 1. The van der Waals surface area contributed by atoms with Gasteiger partial charge in [0.2, 0.25) is 11.8 Å². The highest BCUT2D eigenvalue weighted by Crippen LogP contribution is 2.32. The molecule has 8 nitrogen and oxygen atoms in total. The molecular weight excluding hydrogens is 381 g/mol. The average molecular weight is 407 g/mol. The second-order valence-corrected chi connectivity index (χ2v) is 7.42. The molecule has 2 heterocycles. The van der Waals surface area contributed by atoms with Crippen LogP contribution >= 0.6 is 0 Å². The minimum absolute atomic E-state index is 0.00731. The van der Waals surface area contributed by atoms with Gasteiger partial charge in [-0.15, -0.1) is 0 Å². The number of halogens is 1. The first-order chi connectivity index (χ1) is 13.9. The van der Waals surface area contributed by atoms with E-state index in [1.807, 2.05) is 4.90 Å². The Bertz CT molecular complexity index is 779. The number of hydrogen-bond donors (Lipinski definition) is 3. The maximum absolute atomic E-state index is 14.7. The maximum Gasteiger partial charge on any atom is 0.325 e. The van der Waals surface area contributed by atoms with E-state index in [0.717, 1.165) is 0 Å². The zero-order valence-corrected chi connectivity index (χ0v) is 16.3. The minimum atomic E-state index is -0.689. The Kier molecular flexibility index (Phi) is 6.81. The molecule has 2 aliphatic rings. The fourth-order valence-electron chi connectivity index (χ4n) is 3.98. The molecule has 3 rings (SSSR count). The Morgan fingerprint density at radius 1 is 1.34 bits per heavy atom. The van der Waals surface area contributed by atoms with Gasteiger partial charge in [-0.2, -0.15) is 0 Å². The highest BCUT2D eigenvalue weighted by molar-refractivity contribution is 6.01. The molecule has 2 atom stereocenters. The Labute approximate surface area is 168 Å². The number of rotatable bonds is 6. The summed E-state index contributed by atoms with van der Waals surface area (Å²) in [7, 11) is 1.29. The van der Waals surface area contributed by atoms with Crippen LogP contribution in [0.1, 0.15) is 37.2 Å². The summed E-state index contributed by atoms with van der Waals surface area (Å²) in [5.74, 6) is -1.51. The van der Waals surface area contributed by atoms with Crippen molar-refractivity contribution in [1.82, 2.24) is 10.2 Å². The monoisotopic (exact) mass is 407 g/mol. The lowest BCUT2D eigenvalue weighted by atomic mass is 9.88. The summed E-state index contributed by atoms with van der Waals surface area (Å²) in [4.78, 5) is 36.7. The zero-order chi connectivity index (χ0) is 21.0. The molecule has 0 radical (unpaired) electrons. The first kappa shape index (κ1) is 21.2. The Morgan fingerprint density at radius 2 is 2.07 bits per heavy atom. The summed E-state index contributed by atoms with van der Waals surface area (Å²) in [6.45, 7) is 0.799. The van der Waals surface area contributed by atoms with Crippen molar-refractivity contribution in [2.24, 2.45) is 0 Å². The van der Waals surface area contributed by atoms with Gasteiger partial charge < -0.3 is 15.2 Å². The van der Waals surface area contributed by atoms with E-state index in [2.05, 4.69) is 10.6 Å². The largest absolute Gasteiger partial charge is 0.468 e. The van der Waals surface area contributed by atoms with Crippen molar-refractivity contribution in [3.8, 4) is 0 Å². The summed E-state index contributed by atoms with van der Waals surface area (Å²) in [5, 5.41) is 14.7. The van der Waals surface area contributed by atoms with Crippen molar-refractivity contribution in [2.45, 2.75) is 43.7 Å². The summed E-state index contributed by atoms with van der Waals surface area (Å²) in [6, 6.07) is 3.57. The van der Waals surface area contributed by atoms with Crippen LogP contribution < -0.4 is 10.6 Å². The summed E-state index contributed by atoms with van der Waals surface area (Å²) in [5.41, 5.74) is 1.08. The normalized spacial score (nSPS) is 22.1. The van der Waals surface area contributed by atoms with Gasteiger partial charge in [0.15, 0.2) is 0 Å². The van der Waals surface area contributed by atoms with Crippen LogP contribution in [-0.2, 0) is 19.1 Å². The lowest BCUT2D eigenvalue weighted by Crippen LogP contribution is -2.48. The maximum atomic E-state index is 14.7. The van der Waals surface area contributed by atoms with E-state index in [1.54, 1.807) is 12.1 Å². The van der Waals surface area contributed by atoms with Crippen LogP contribution in [0, 0.1) is 5.82 Å². The zero-order valence-electron chi connectivity index (χ0n) is 16.3. The van der Waals surface area contributed by atoms with E-state index >= 15 is 0 Å². The number of methoxy groups -OCH3 is 1. The number of aliphatic hydroxyl groups is 1. The molecule has 0 aliphatic carbocycles. The summed E-state index contributed by atoms with van der Waals surface area (Å²) < 4.78 is 19.5. The average Bonchev–Trinajstić information content (AvgIpc) is 2.71. The van der Waals surface area contributed by atoms with E-state index in [0.29, 0.717) is 43.6 Å². The Balaban J connectivity index is 1.60. The SMILES string of the molecule is COC(=O)C(CO)N1CCC(c2ccc(NC3CCC(=O)NC3=O)cc2F)CC1. The number of hydrogen-bond acceptors (Lipinski definition) is 7. The van der Waals surface area contributed by atoms with E-state index < -0.39 is 24.0 Å². The van der Waals surface area contributed by atoms with Crippen LogP contribution in [0.15, 0.2) is 18.2 Å². The van der Waals surface area contributed by atoms with Crippen LogP contribution in [0.5, 0.6) is 0 Å². The van der Waals surface area contributed by atoms with E-state index in [1.165, 1.54) is 13.2 Å². The van der Waals surface area contributed by atoms with Crippen molar-refractivity contribution in [3.05, 3.63) is 29.6 Å². The first-order valence-electron chi connectivity index (χ1n) is 9.75. The number of piperidine rings is 2. The van der Waals surface area contributed by atoms with Crippen LogP contribution in [0.4, 0.5) is 10.1 Å². The van der Waals surface area contributed by atoms with E-state index in [-0.39, 0.29) is 30.7 Å². The number of nitrogens with one attached hydrogen (secondary N) is 2. The molecule has 9 heteroatoms. The third kappa shape index (κ3) is 4.91. The topological polar surface area (TPSA) is 108 Å². The molecule has 2 fully saturated rings. The molecule has 29 heavy (non-hydrogen) atoms. The van der Waals surface area contributed by atoms with E-state index in [9.17, 15) is 23.9 Å². The van der Waals surface area contributed by atoms with Gasteiger partial charge in [-0.25, -0.2) is 4.39 Å². The van der Waals surface area contributed by atoms with Gasteiger partial charge in [0.25, 0.3) is 0 Å². The number of benzene rings is 1. The van der Waals surface area contributed by atoms with Gasteiger partial charge in [0.1, 0.15) is 17.9 Å². The highest BCUT2D eigenvalue weighted by Gasteiger charge is 2.31. The number of carbonyl (C=O) groups excluding carboxylic acids is 3. The van der Waals surface area contributed by atoms with Crippen molar-refractivity contribution >= 4 is 23.5 Å². The molecule has 2 aliphatic heterocycles. The molecule has 2 saturated heterocycles. The summed E-state index contributed by atoms with van der Waals surface area (Å²) in [6.07, 6.45) is 1.94. The molecule has 0 aromatic heterocycles. The number of nitrogens with zero attached hydrogens (tertiary/aromatic N) is 1. The van der Waals surface area contributed by atoms with Crippen molar-refractivity contribution in [3.63, 3.8) is 0 Å². The molecule has 1 aromatic carbocycles. The molecule has 1 aromatic rings. The number of likely N-dealkylation sites (tertiary alicyclic amines) is 1. The Morgan fingerprint density at radius 3 is 2.66 bits per heavy atom. The third-order valence-corrected chi connectivity index (χ3v) is 5.64. The molecular formula is C20H26FN3O5.